The number of benzene rings is 2. The molecule has 12 heteroatoms. The Morgan fingerprint density at radius 3 is 2.48 bits per heavy atom. The minimum atomic E-state index is -4.18. The molecule has 11 nitrogen and oxygen atoms in total. The molecule has 7 rings (SSSR count). The van der Waals surface area contributed by atoms with E-state index in [2.05, 4.69) is 45.3 Å². The second kappa shape index (κ2) is 14.4. The topological polar surface area (TPSA) is 131 Å². The van der Waals surface area contributed by atoms with Crippen molar-refractivity contribution in [2.24, 2.45) is 11.3 Å². The van der Waals surface area contributed by atoms with E-state index in [0.717, 1.165) is 41.9 Å². The molecule has 2 aromatic carbocycles. The number of fused-ring (bicyclic) bond motifs is 5. The Hall–Kier alpha value is -4.58. The molecule has 0 spiro atoms. The third-order valence-corrected chi connectivity index (χ3v) is 11.9. The third kappa shape index (κ3) is 7.77. The van der Waals surface area contributed by atoms with Gasteiger partial charge in [-0.05, 0) is 80.2 Å². The Bertz CT molecular complexity index is 2040. The van der Waals surface area contributed by atoms with E-state index in [0.29, 0.717) is 29.8 Å². The number of nitrogens with one attached hydrogen (secondary N) is 1. The van der Waals surface area contributed by atoms with Crippen LogP contribution in [0.1, 0.15) is 92.9 Å². The number of carbonyl (C=O) groups excluding carboxylic acids is 1. The number of hydrogen-bond donors (Lipinski definition) is 1. The van der Waals surface area contributed by atoms with Crippen LogP contribution in [0, 0.1) is 25.2 Å². The van der Waals surface area contributed by atoms with Crippen LogP contribution in [0.25, 0.3) is 11.3 Å². The highest BCUT2D eigenvalue weighted by molar-refractivity contribution is 7.92. The summed E-state index contributed by atoms with van der Waals surface area (Å²) in [5, 5.41) is 0. The zero-order valence-electron chi connectivity index (χ0n) is 30.8. The lowest BCUT2D eigenvalue weighted by atomic mass is 9.87. The number of nitrogens with zero attached hydrogens (tertiary/aromatic N) is 6. The fourth-order valence-electron chi connectivity index (χ4n) is 8.20. The molecule has 1 saturated carbocycles. The van der Waals surface area contributed by atoms with Gasteiger partial charge in [0, 0.05) is 29.8 Å². The molecule has 2 unspecified atom stereocenters. The molecule has 3 atom stereocenters. The number of hydrogen-bond acceptors (Lipinski definition) is 9. The minimum Gasteiger partial charge on any atom is -0.475 e. The Morgan fingerprint density at radius 2 is 1.69 bits per heavy atom. The summed E-state index contributed by atoms with van der Waals surface area (Å²) in [6.45, 7) is 11.6. The lowest BCUT2D eigenvalue weighted by molar-refractivity contribution is 0.0509. The van der Waals surface area contributed by atoms with E-state index in [1.165, 1.54) is 37.8 Å². The van der Waals surface area contributed by atoms with Gasteiger partial charge in [0.05, 0.1) is 41.3 Å². The first-order valence-corrected chi connectivity index (χ1v) is 19.9. The Morgan fingerprint density at radius 1 is 0.923 bits per heavy atom. The first-order chi connectivity index (χ1) is 24.8. The molecule has 1 amide bonds. The number of aromatic nitrogens is 4. The largest absolute Gasteiger partial charge is 0.475 e. The fraction of sp³-hybridized carbons (Fsp3) is 0.475. The molecular weight excluding hydrogens is 675 g/mol. The Kier molecular flexibility index (Phi) is 9.95. The zero-order valence-corrected chi connectivity index (χ0v) is 31.6. The number of aryl methyl sites for hydroxylation is 2. The maximum absolute atomic E-state index is 14.7. The molecule has 1 aliphatic carbocycles. The SMILES string of the molecule is Cc1cccc(C)c1-c1cc2nc(n1)NS(=O)(=O)c1cccc(c1)C(=O)N(Cc1cncc(N3CCC4CCCCCC43)n1)[C@H](CC(C)(C)C)CO2. The van der Waals surface area contributed by atoms with Crippen molar-refractivity contribution < 1.29 is 17.9 Å². The van der Waals surface area contributed by atoms with Crippen molar-refractivity contribution in [2.75, 3.05) is 22.8 Å². The van der Waals surface area contributed by atoms with Crippen LogP contribution >= 0.6 is 0 Å². The molecule has 4 bridgehead atoms. The molecule has 1 N–H and O–H groups in total. The van der Waals surface area contributed by atoms with Gasteiger partial charge in [-0.2, -0.15) is 4.98 Å². The van der Waals surface area contributed by atoms with Crippen molar-refractivity contribution in [1.82, 2.24) is 24.8 Å². The average Bonchev–Trinajstić information content (AvgIpc) is 3.35. The van der Waals surface area contributed by atoms with Crippen LogP contribution in [0.4, 0.5) is 11.8 Å². The number of sulfonamides is 1. The van der Waals surface area contributed by atoms with Gasteiger partial charge in [-0.15, -0.1) is 0 Å². The van der Waals surface area contributed by atoms with Gasteiger partial charge in [0.25, 0.3) is 15.9 Å². The molecular formula is C40H49N7O4S. The van der Waals surface area contributed by atoms with Crippen LogP contribution in [0.3, 0.4) is 0 Å². The van der Waals surface area contributed by atoms with Gasteiger partial charge in [0.1, 0.15) is 12.4 Å². The van der Waals surface area contributed by atoms with Crippen LogP contribution in [-0.4, -0.2) is 64.4 Å². The normalized spacial score (nSPS) is 21.9. The Labute approximate surface area is 307 Å². The molecule has 2 aromatic heterocycles. The lowest BCUT2D eigenvalue weighted by Crippen LogP contribution is -2.45. The average molecular weight is 724 g/mol. The van der Waals surface area contributed by atoms with Gasteiger partial charge < -0.3 is 14.5 Å². The number of amides is 1. The van der Waals surface area contributed by atoms with Crippen molar-refractivity contribution in [3.8, 4) is 17.1 Å². The monoisotopic (exact) mass is 723 g/mol. The first-order valence-electron chi connectivity index (χ1n) is 18.4. The summed E-state index contributed by atoms with van der Waals surface area (Å²) in [4.78, 5) is 37.7. The highest BCUT2D eigenvalue weighted by atomic mass is 32.2. The molecule has 0 radical (unpaired) electrons. The molecule has 3 aliphatic rings. The predicted molar refractivity (Wildman–Crippen MR) is 202 cm³/mol. The van der Waals surface area contributed by atoms with E-state index in [1.807, 2.05) is 38.2 Å². The van der Waals surface area contributed by atoms with Gasteiger partial charge in [-0.25, -0.2) is 23.1 Å². The molecule has 2 fully saturated rings. The van der Waals surface area contributed by atoms with Crippen molar-refractivity contribution in [2.45, 2.75) is 103 Å². The third-order valence-electron chi connectivity index (χ3n) is 10.6. The smallest absolute Gasteiger partial charge is 0.264 e. The minimum absolute atomic E-state index is 0.0674. The van der Waals surface area contributed by atoms with E-state index in [-0.39, 0.29) is 46.8 Å². The van der Waals surface area contributed by atoms with Gasteiger partial charge in [0.15, 0.2) is 0 Å². The standard InChI is InChI=1S/C40H49N7O4S/c1-26-11-9-12-27(2)37(26)33-20-36-44-39(43-33)45-52(49,50)32-15-10-14-29(19-32)38(48)47(31(25-51-36)21-40(3,4)5)24-30-22-41-23-35(42-30)46-18-17-28-13-7-6-8-16-34(28)46/h9-12,14-15,19-20,22-23,28,31,34H,6-8,13,16-18,21,24-25H2,1-5H3,(H,43,44,45)/t28?,31-,34?/m1/s1. The lowest BCUT2D eigenvalue weighted by Gasteiger charge is -2.35. The molecule has 274 valence electrons. The highest BCUT2D eigenvalue weighted by Crippen LogP contribution is 2.37. The van der Waals surface area contributed by atoms with E-state index >= 15 is 0 Å². The number of ether oxygens (including phenoxy) is 1. The molecule has 2 aliphatic heterocycles. The van der Waals surface area contributed by atoms with Gasteiger partial charge in [-0.1, -0.05) is 64.3 Å². The molecule has 52 heavy (non-hydrogen) atoms. The van der Waals surface area contributed by atoms with Crippen molar-refractivity contribution in [1.29, 1.82) is 0 Å². The van der Waals surface area contributed by atoms with E-state index in [1.54, 1.807) is 29.3 Å². The van der Waals surface area contributed by atoms with Gasteiger partial charge in [0.2, 0.25) is 11.8 Å². The second-order valence-corrected chi connectivity index (χ2v) is 17.5. The molecule has 1 saturated heterocycles. The van der Waals surface area contributed by atoms with Crippen LogP contribution < -0.4 is 14.4 Å². The van der Waals surface area contributed by atoms with E-state index in [9.17, 15) is 13.2 Å². The number of carbonyl (C=O) groups is 1. The summed E-state index contributed by atoms with van der Waals surface area (Å²) in [5.41, 5.74) is 4.10. The van der Waals surface area contributed by atoms with Gasteiger partial charge >= 0.3 is 0 Å². The highest BCUT2D eigenvalue weighted by Gasteiger charge is 2.36. The summed E-state index contributed by atoms with van der Waals surface area (Å²) >= 11 is 0. The van der Waals surface area contributed by atoms with Crippen LogP contribution in [0.15, 0.2) is 65.8 Å². The quantitative estimate of drug-likeness (QED) is 0.225. The first kappa shape index (κ1) is 35.8. The summed E-state index contributed by atoms with van der Waals surface area (Å²) in [5.74, 6) is 1.30. The van der Waals surface area contributed by atoms with Crippen molar-refractivity contribution in [3.05, 3.63) is 83.3 Å². The van der Waals surface area contributed by atoms with Gasteiger partial charge in [-0.3, -0.25) is 9.78 Å². The van der Waals surface area contributed by atoms with E-state index in [4.69, 9.17) is 9.72 Å². The maximum Gasteiger partial charge on any atom is 0.264 e. The zero-order chi connectivity index (χ0) is 36.6. The molecule has 4 heterocycles. The number of anilines is 2. The predicted octanol–water partition coefficient (Wildman–Crippen LogP) is 7.35. The summed E-state index contributed by atoms with van der Waals surface area (Å²) in [6, 6.07) is 13.8. The van der Waals surface area contributed by atoms with Crippen LogP contribution in [-0.2, 0) is 16.6 Å². The molecule has 4 aromatic rings. The summed E-state index contributed by atoms with van der Waals surface area (Å²) in [7, 11) is -4.18. The fourth-order valence-corrected chi connectivity index (χ4v) is 9.19. The number of rotatable bonds is 5. The summed E-state index contributed by atoms with van der Waals surface area (Å²) in [6.07, 6.45) is 11.5. The van der Waals surface area contributed by atoms with Crippen LogP contribution in [0.5, 0.6) is 5.88 Å². The second-order valence-electron chi connectivity index (χ2n) is 15.8. The summed E-state index contributed by atoms with van der Waals surface area (Å²) < 4.78 is 36.6. The van der Waals surface area contributed by atoms with Crippen molar-refractivity contribution >= 4 is 27.7 Å². The Balaban J connectivity index is 1.30. The van der Waals surface area contributed by atoms with Crippen molar-refractivity contribution in [3.63, 3.8) is 0 Å². The van der Waals surface area contributed by atoms with Crippen LogP contribution in [0.2, 0.25) is 0 Å². The maximum atomic E-state index is 14.7. The van der Waals surface area contributed by atoms with E-state index < -0.39 is 16.1 Å².